The van der Waals surface area contributed by atoms with Crippen LogP contribution >= 0.6 is 0 Å². The van der Waals surface area contributed by atoms with Crippen molar-refractivity contribution in [1.82, 2.24) is 5.32 Å². The van der Waals surface area contributed by atoms with E-state index in [4.69, 9.17) is 0 Å². The molecule has 0 atom stereocenters. The first kappa shape index (κ1) is 13.6. The van der Waals surface area contributed by atoms with E-state index in [2.05, 4.69) is 17.2 Å². The third-order valence-corrected chi connectivity index (χ3v) is 1.86. The van der Waals surface area contributed by atoms with Gasteiger partial charge in [0.05, 0.1) is 11.5 Å². The summed E-state index contributed by atoms with van der Waals surface area (Å²) in [5, 5.41) is 12.7. The molecule has 0 bridgehead atoms. The Hall–Kier alpha value is -2.49. The second-order valence-corrected chi connectivity index (χ2v) is 3.26. The smallest absolute Gasteiger partial charge is 0.340 e. The minimum atomic E-state index is -1.29. The molecule has 0 aliphatic rings. The van der Waals surface area contributed by atoms with Gasteiger partial charge in [0.2, 0.25) is 17.5 Å². The predicted molar refractivity (Wildman–Crippen MR) is 58.6 cm³/mol. The van der Waals surface area contributed by atoms with E-state index in [1.807, 2.05) is 0 Å². The van der Waals surface area contributed by atoms with Crippen molar-refractivity contribution in [2.24, 2.45) is 0 Å². The first-order valence-corrected chi connectivity index (χ1v) is 4.78. The second kappa shape index (κ2) is 5.72. The SMILES string of the molecule is CC(=O)NCC#Cc1cc(F)c([N+](=O)[O-])c(F)c1. The molecule has 1 amide bonds. The Kier molecular flexibility index (Phi) is 4.32. The monoisotopic (exact) mass is 254 g/mol. The average Bonchev–Trinajstić information content (AvgIpc) is 2.22. The zero-order chi connectivity index (χ0) is 13.7. The lowest BCUT2D eigenvalue weighted by Gasteiger charge is -1.97. The van der Waals surface area contributed by atoms with Gasteiger partial charge in [-0.1, -0.05) is 11.8 Å². The van der Waals surface area contributed by atoms with Crippen LogP contribution in [0, 0.1) is 33.6 Å². The summed E-state index contributed by atoms with van der Waals surface area (Å²) in [6, 6.07) is 1.53. The molecule has 0 aliphatic carbocycles. The number of halogens is 2. The quantitative estimate of drug-likeness (QED) is 0.492. The summed E-state index contributed by atoms with van der Waals surface area (Å²) < 4.78 is 26.4. The van der Waals surface area contributed by atoms with Crippen LogP contribution < -0.4 is 5.32 Å². The third kappa shape index (κ3) is 3.52. The van der Waals surface area contributed by atoms with Gasteiger partial charge in [0.1, 0.15) is 0 Å². The largest absolute Gasteiger partial charge is 0.345 e. The van der Waals surface area contributed by atoms with Crippen LogP contribution in [0.3, 0.4) is 0 Å². The van der Waals surface area contributed by atoms with Gasteiger partial charge in [-0.3, -0.25) is 14.9 Å². The minimum Gasteiger partial charge on any atom is -0.345 e. The zero-order valence-corrected chi connectivity index (χ0v) is 9.29. The van der Waals surface area contributed by atoms with E-state index in [9.17, 15) is 23.7 Å². The molecule has 0 heterocycles. The van der Waals surface area contributed by atoms with Crippen LogP contribution in [0.4, 0.5) is 14.5 Å². The van der Waals surface area contributed by atoms with Gasteiger partial charge in [0.15, 0.2) is 0 Å². The maximum absolute atomic E-state index is 13.2. The number of nitro benzene ring substituents is 1. The maximum atomic E-state index is 13.2. The molecule has 7 heteroatoms. The molecule has 94 valence electrons. The minimum absolute atomic E-state index is 0.0234. The van der Waals surface area contributed by atoms with Crippen LogP contribution in [0.25, 0.3) is 0 Å². The fourth-order valence-electron chi connectivity index (χ4n) is 1.13. The standard InChI is InChI=1S/C11H8F2N2O3/c1-7(16)14-4-2-3-8-5-9(12)11(15(17)18)10(13)6-8/h5-6H,4H2,1H3,(H,14,16). The number of carbonyl (C=O) groups is 1. The van der Waals surface area contributed by atoms with Crippen LogP contribution in [-0.2, 0) is 4.79 Å². The molecule has 5 nitrogen and oxygen atoms in total. The molecule has 0 aliphatic heterocycles. The van der Waals surface area contributed by atoms with Gasteiger partial charge in [0.25, 0.3) is 0 Å². The number of hydrogen-bond acceptors (Lipinski definition) is 3. The molecule has 1 N–H and O–H groups in total. The lowest BCUT2D eigenvalue weighted by molar-refractivity contribution is -0.390. The molecule has 1 rings (SSSR count). The van der Waals surface area contributed by atoms with Gasteiger partial charge in [0, 0.05) is 12.5 Å². The predicted octanol–water partition coefficient (Wildman–Crippen LogP) is 1.36. The Balaban J connectivity index is 2.93. The van der Waals surface area contributed by atoms with Gasteiger partial charge < -0.3 is 5.32 Å². The van der Waals surface area contributed by atoms with Crippen molar-refractivity contribution in [3.05, 3.63) is 39.4 Å². The molecule has 0 radical (unpaired) electrons. The van der Waals surface area contributed by atoms with E-state index in [1.54, 1.807) is 0 Å². The van der Waals surface area contributed by atoms with Crippen LogP contribution in [-0.4, -0.2) is 17.4 Å². The topological polar surface area (TPSA) is 72.2 Å². The first-order chi connectivity index (χ1) is 8.41. The van der Waals surface area contributed by atoms with Crippen molar-refractivity contribution in [3.63, 3.8) is 0 Å². The number of hydrogen-bond donors (Lipinski definition) is 1. The molecule has 0 aromatic heterocycles. The Morgan fingerprint density at radius 2 is 2.00 bits per heavy atom. The number of nitrogens with zero attached hydrogens (tertiary/aromatic N) is 1. The summed E-state index contributed by atoms with van der Waals surface area (Å²) in [6.07, 6.45) is 0. The molecular weight excluding hydrogens is 246 g/mol. The molecule has 0 unspecified atom stereocenters. The highest BCUT2D eigenvalue weighted by atomic mass is 19.1. The van der Waals surface area contributed by atoms with Crippen molar-refractivity contribution in [2.45, 2.75) is 6.92 Å². The Labute approximate surface area is 101 Å². The van der Waals surface area contributed by atoms with Crippen molar-refractivity contribution < 1.29 is 18.5 Å². The van der Waals surface area contributed by atoms with Gasteiger partial charge in [-0.25, -0.2) is 0 Å². The van der Waals surface area contributed by atoms with E-state index in [-0.39, 0.29) is 18.0 Å². The van der Waals surface area contributed by atoms with Gasteiger partial charge in [-0.05, 0) is 12.1 Å². The summed E-state index contributed by atoms with van der Waals surface area (Å²) in [5.74, 6) is 1.97. The number of carbonyl (C=O) groups excluding carboxylic acids is 1. The maximum Gasteiger partial charge on any atom is 0.340 e. The highest BCUT2D eigenvalue weighted by molar-refractivity contribution is 5.73. The second-order valence-electron chi connectivity index (χ2n) is 3.26. The highest BCUT2D eigenvalue weighted by Crippen LogP contribution is 2.22. The highest BCUT2D eigenvalue weighted by Gasteiger charge is 2.21. The van der Waals surface area contributed by atoms with Gasteiger partial charge >= 0.3 is 5.69 Å². The Bertz CT molecular complexity index is 538. The van der Waals surface area contributed by atoms with E-state index in [0.717, 1.165) is 12.1 Å². The Morgan fingerprint density at radius 1 is 1.44 bits per heavy atom. The molecule has 0 fully saturated rings. The summed E-state index contributed by atoms with van der Waals surface area (Å²) >= 11 is 0. The molecule has 18 heavy (non-hydrogen) atoms. The average molecular weight is 254 g/mol. The lowest BCUT2D eigenvalue weighted by Crippen LogP contribution is -2.19. The number of nitrogens with one attached hydrogen (secondary N) is 1. The molecular formula is C11H8F2N2O3. The number of nitro groups is 1. The molecule has 1 aromatic carbocycles. The summed E-state index contributed by atoms with van der Waals surface area (Å²) in [7, 11) is 0. The number of amides is 1. The normalized spacial score (nSPS) is 9.28. The van der Waals surface area contributed by atoms with Crippen molar-refractivity contribution in [3.8, 4) is 11.8 Å². The summed E-state index contributed by atoms with van der Waals surface area (Å²) in [4.78, 5) is 19.7. The number of benzene rings is 1. The molecule has 1 aromatic rings. The van der Waals surface area contributed by atoms with E-state index < -0.39 is 22.2 Å². The van der Waals surface area contributed by atoms with Crippen molar-refractivity contribution in [1.29, 1.82) is 0 Å². The van der Waals surface area contributed by atoms with Crippen molar-refractivity contribution >= 4 is 11.6 Å². The van der Waals surface area contributed by atoms with Gasteiger partial charge in [-0.2, -0.15) is 8.78 Å². The number of rotatable bonds is 2. The van der Waals surface area contributed by atoms with Crippen LogP contribution in [0.5, 0.6) is 0 Å². The van der Waals surface area contributed by atoms with E-state index >= 15 is 0 Å². The summed E-state index contributed by atoms with van der Waals surface area (Å²) in [5.41, 5.74) is -1.25. The molecule has 0 saturated heterocycles. The third-order valence-electron chi connectivity index (χ3n) is 1.86. The fraction of sp³-hybridized carbons (Fsp3) is 0.182. The summed E-state index contributed by atoms with van der Waals surface area (Å²) in [6.45, 7) is 1.32. The van der Waals surface area contributed by atoms with E-state index in [1.165, 1.54) is 6.92 Å². The van der Waals surface area contributed by atoms with Crippen molar-refractivity contribution in [2.75, 3.05) is 6.54 Å². The molecule has 0 saturated carbocycles. The fourth-order valence-corrected chi connectivity index (χ4v) is 1.13. The zero-order valence-electron chi connectivity index (χ0n) is 9.29. The van der Waals surface area contributed by atoms with Crippen LogP contribution in [0.15, 0.2) is 12.1 Å². The first-order valence-electron chi connectivity index (χ1n) is 4.78. The lowest BCUT2D eigenvalue weighted by atomic mass is 10.2. The molecule has 0 spiro atoms. The van der Waals surface area contributed by atoms with Crippen LogP contribution in [0.1, 0.15) is 12.5 Å². The van der Waals surface area contributed by atoms with Gasteiger partial charge in [-0.15, -0.1) is 0 Å². The Morgan fingerprint density at radius 3 is 2.44 bits per heavy atom. The van der Waals surface area contributed by atoms with E-state index in [0.29, 0.717) is 0 Å². The van der Waals surface area contributed by atoms with Crippen LogP contribution in [0.2, 0.25) is 0 Å².